The highest BCUT2D eigenvalue weighted by Crippen LogP contribution is 2.38. The van der Waals surface area contributed by atoms with Crippen LogP contribution in [-0.2, 0) is 22.6 Å². The average molecular weight is 454 g/mol. The minimum Gasteiger partial charge on any atom is -0.491 e. The van der Waals surface area contributed by atoms with Crippen LogP contribution < -0.4 is 9.64 Å². The molecule has 0 N–H and O–H groups in total. The van der Waals surface area contributed by atoms with Crippen LogP contribution in [0, 0.1) is 0 Å². The van der Waals surface area contributed by atoms with E-state index >= 15 is 0 Å². The van der Waals surface area contributed by atoms with Gasteiger partial charge in [0, 0.05) is 18.4 Å². The van der Waals surface area contributed by atoms with Gasteiger partial charge in [0.15, 0.2) is 0 Å². The van der Waals surface area contributed by atoms with E-state index in [2.05, 4.69) is 11.1 Å². The van der Waals surface area contributed by atoms with E-state index in [4.69, 9.17) is 4.74 Å². The number of para-hydroxylation sites is 1. The molecule has 0 aliphatic carbocycles. The van der Waals surface area contributed by atoms with E-state index in [0.717, 1.165) is 24.3 Å². The van der Waals surface area contributed by atoms with E-state index in [1.54, 1.807) is 6.20 Å². The first kappa shape index (κ1) is 21.9. The van der Waals surface area contributed by atoms with Crippen molar-refractivity contribution >= 4 is 23.1 Å². The first-order valence-corrected chi connectivity index (χ1v) is 11.7. The topological polar surface area (TPSA) is 62.7 Å². The zero-order chi connectivity index (χ0) is 23.7. The second-order valence-electron chi connectivity index (χ2n) is 8.82. The molecule has 0 fully saturated rings. The summed E-state index contributed by atoms with van der Waals surface area (Å²) < 4.78 is 5.77. The predicted molar refractivity (Wildman–Crippen MR) is 131 cm³/mol. The van der Waals surface area contributed by atoms with Gasteiger partial charge < -0.3 is 9.64 Å². The second kappa shape index (κ2) is 9.14. The molecule has 0 unspecified atom stereocenters. The van der Waals surface area contributed by atoms with Crippen LogP contribution in [0.4, 0.5) is 5.69 Å². The van der Waals surface area contributed by atoms with Crippen LogP contribution in [0.1, 0.15) is 37.1 Å². The van der Waals surface area contributed by atoms with Crippen molar-refractivity contribution < 1.29 is 14.3 Å². The lowest BCUT2D eigenvalue weighted by atomic mass is 9.98. The molecule has 0 bridgehead atoms. The third-order valence-corrected chi connectivity index (χ3v) is 6.08. The molecule has 2 aromatic carbocycles. The van der Waals surface area contributed by atoms with Gasteiger partial charge in [0.25, 0.3) is 11.8 Å². The number of amides is 2. The number of hydrogen-bond acceptors (Lipinski definition) is 5. The molecular weight excluding hydrogens is 426 g/mol. The number of pyridine rings is 1. The molecule has 2 amide bonds. The van der Waals surface area contributed by atoms with E-state index < -0.39 is 0 Å². The Labute approximate surface area is 199 Å². The molecule has 0 spiro atoms. The summed E-state index contributed by atoms with van der Waals surface area (Å²) >= 11 is 0. The summed E-state index contributed by atoms with van der Waals surface area (Å²) in [6.07, 6.45) is 3.59. The Kier molecular flexibility index (Phi) is 5.88. The normalized spacial score (nSPS) is 15.9. The van der Waals surface area contributed by atoms with E-state index in [1.807, 2.05) is 79.4 Å². The second-order valence-corrected chi connectivity index (χ2v) is 8.82. The number of hydrogen-bond donors (Lipinski definition) is 0. The zero-order valence-electron chi connectivity index (χ0n) is 19.4. The van der Waals surface area contributed by atoms with E-state index in [-0.39, 0.29) is 24.5 Å². The summed E-state index contributed by atoms with van der Waals surface area (Å²) in [5, 5.41) is 0. The fourth-order valence-corrected chi connectivity index (χ4v) is 4.61. The van der Waals surface area contributed by atoms with Crippen LogP contribution in [0.3, 0.4) is 0 Å². The van der Waals surface area contributed by atoms with Crippen LogP contribution in [0.25, 0.3) is 5.57 Å². The lowest BCUT2D eigenvalue weighted by molar-refractivity contribution is -0.137. The van der Waals surface area contributed by atoms with Gasteiger partial charge in [0.05, 0.1) is 23.9 Å². The van der Waals surface area contributed by atoms with Gasteiger partial charge in [-0.05, 0) is 68.1 Å². The smallest absolute Gasteiger partial charge is 0.278 e. The number of aryl methyl sites for hydroxylation is 1. The first-order valence-electron chi connectivity index (χ1n) is 11.7. The molecule has 0 saturated carbocycles. The summed E-state index contributed by atoms with van der Waals surface area (Å²) in [7, 11) is 0. The van der Waals surface area contributed by atoms with Crippen molar-refractivity contribution in [2.75, 3.05) is 11.4 Å². The third-order valence-electron chi connectivity index (χ3n) is 6.08. The number of imide groups is 1. The Balaban J connectivity index is 1.59. The molecule has 2 aliphatic heterocycles. The first-order chi connectivity index (χ1) is 16.5. The number of carbonyl (C=O) groups excluding carboxylic acids is 2. The number of fused-ring (bicyclic) bond motifs is 1. The molecule has 2 aliphatic rings. The van der Waals surface area contributed by atoms with E-state index in [9.17, 15) is 9.59 Å². The van der Waals surface area contributed by atoms with Crippen molar-refractivity contribution in [1.82, 2.24) is 9.88 Å². The minimum atomic E-state index is -0.300. The van der Waals surface area contributed by atoms with Gasteiger partial charge in [0.2, 0.25) is 0 Å². The van der Waals surface area contributed by atoms with Crippen LogP contribution in [0.5, 0.6) is 5.75 Å². The molecule has 0 radical (unpaired) electrons. The Morgan fingerprint density at radius 1 is 0.941 bits per heavy atom. The van der Waals surface area contributed by atoms with Crippen molar-refractivity contribution in [1.29, 1.82) is 0 Å². The number of carbonyl (C=O) groups is 2. The number of nitrogens with zero attached hydrogens (tertiary/aromatic N) is 3. The SMILES string of the molecule is CC(C)Oc1ccc(C2=C(N3CCCc4ccccc43)C(=O)N(Cc3ccccn3)C2=O)cc1. The maximum atomic E-state index is 13.8. The molecule has 3 heterocycles. The molecular formula is C28H27N3O3. The van der Waals surface area contributed by atoms with Crippen molar-refractivity contribution in [2.45, 2.75) is 39.3 Å². The van der Waals surface area contributed by atoms with Crippen LogP contribution >= 0.6 is 0 Å². The maximum absolute atomic E-state index is 13.8. The van der Waals surface area contributed by atoms with Crippen molar-refractivity contribution in [3.63, 3.8) is 0 Å². The fourth-order valence-electron chi connectivity index (χ4n) is 4.61. The number of rotatable bonds is 6. The van der Waals surface area contributed by atoms with Crippen LogP contribution in [0.2, 0.25) is 0 Å². The third kappa shape index (κ3) is 4.07. The van der Waals surface area contributed by atoms with Gasteiger partial charge in [-0.3, -0.25) is 19.5 Å². The van der Waals surface area contributed by atoms with Crippen LogP contribution in [0.15, 0.2) is 78.6 Å². The highest BCUT2D eigenvalue weighted by Gasteiger charge is 2.42. The number of aromatic nitrogens is 1. The van der Waals surface area contributed by atoms with Gasteiger partial charge in [-0.1, -0.05) is 36.4 Å². The highest BCUT2D eigenvalue weighted by atomic mass is 16.5. The number of anilines is 1. The summed E-state index contributed by atoms with van der Waals surface area (Å²) in [6, 6.07) is 21.0. The molecule has 5 rings (SSSR count). The Morgan fingerprint density at radius 3 is 2.44 bits per heavy atom. The molecule has 1 aromatic heterocycles. The molecule has 6 heteroatoms. The van der Waals surface area contributed by atoms with E-state index in [1.165, 1.54) is 10.5 Å². The standard InChI is InChI=1S/C28H27N3O3/c1-19(2)34-23-14-12-21(13-15-23)25-26(30-17-7-9-20-8-3-4-11-24(20)30)28(33)31(27(25)32)18-22-10-5-6-16-29-22/h3-6,8,10-16,19H,7,9,17-18H2,1-2H3. The van der Waals surface area contributed by atoms with Gasteiger partial charge in [0.1, 0.15) is 11.4 Å². The Hall–Kier alpha value is -3.93. The van der Waals surface area contributed by atoms with Gasteiger partial charge in [-0.2, -0.15) is 0 Å². The molecule has 6 nitrogen and oxygen atoms in total. The highest BCUT2D eigenvalue weighted by molar-refractivity contribution is 6.36. The maximum Gasteiger partial charge on any atom is 0.278 e. The van der Waals surface area contributed by atoms with Crippen molar-refractivity contribution in [3.05, 3.63) is 95.4 Å². The predicted octanol–water partition coefficient (Wildman–Crippen LogP) is 4.60. The fraction of sp³-hybridized carbons (Fsp3) is 0.250. The summed E-state index contributed by atoms with van der Waals surface area (Å²) in [5.74, 6) is 0.141. The number of ether oxygens (including phenoxy) is 1. The molecule has 172 valence electrons. The summed E-state index contributed by atoms with van der Waals surface area (Å²) in [4.78, 5) is 35.1. The lowest BCUT2D eigenvalue weighted by Crippen LogP contribution is -2.37. The van der Waals surface area contributed by atoms with Gasteiger partial charge >= 0.3 is 0 Å². The minimum absolute atomic E-state index is 0.0500. The van der Waals surface area contributed by atoms with Crippen molar-refractivity contribution in [2.24, 2.45) is 0 Å². The monoisotopic (exact) mass is 453 g/mol. The Bertz CT molecular complexity index is 1250. The van der Waals surface area contributed by atoms with Crippen molar-refractivity contribution in [3.8, 4) is 5.75 Å². The largest absolute Gasteiger partial charge is 0.491 e. The Morgan fingerprint density at radius 2 is 1.71 bits per heavy atom. The molecule has 34 heavy (non-hydrogen) atoms. The molecule has 3 aromatic rings. The van der Waals surface area contributed by atoms with E-state index in [0.29, 0.717) is 29.1 Å². The summed E-state index contributed by atoms with van der Waals surface area (Å²) in [6.45, 7) is 4.75. The molecule has 0 atom stereocenters. The summed E-state index contributed by atoms with van der Waals surface area (Å²) in [5.41, 5.74) is 4.41. The number of benzene rings is 2. The zero-order valence-corrected chi connectivity index (χ0v) is 19.4. The quantitative estimate of drug-likeness (QED) is 0.511. The lowest BCUT2D eigenvalue weighted by Gasteiger charge is -2.32. The molecule has 0 saturated heterocycles. The van der Waals surface area contributed by atoms with Gasteiger partial charge in [-0.25, -0.2) is 0 Å². The average Bonchev–Trinajstić information content (AvgIpc) is 3.09. The van der Waals surface area contributed by atoms with Crippen LogP contribution in [-0.4, -0.2) is 34.3 Å². The van der Waals surface area contributed by atoms with Gasteiger partial charge in [-0.15, -0.1) is 0 Å².